The van der Waals surface area contributed by atoms with E-state index >= 15 is 0 Å². The van der Waals surface area contributed by atoms with Gasteiger partial charge in [0.05, 0.1) is 22.2 Å². The Hall–Kier alpha value is -4.15. The first-order valence-corrected chi connectivity index (χ1v) is 17.7. The van der Waals surface area contributed by atoms with Crippen molar-refractivity contribution in [3.8, 4) is 5.75 Å². The van der Waals surface area contributed by atoms with Crippen LogP contribution in [0, 0.1) is 19.8 Å². The molecule has 8 nitrogen and oxygen atoms in total. The Bertz CT molecular complexity index is 1780. The van der Waals surface area contributed by atoms with Crippen LogP contribution in [0.2, 0.25) is 0 Å². The van der Waals surface area contributed by atoms with Gasteiger partial charge in [0, 0.05) is 19.5 Å². The highest BCUT2D eigenvalue weighted by Gasteiger charge is 2.35. The molecular formula is C37H42BrN3O5S. The van der Waals surface area contributed by atoms with Crippen LogP contribution < -0.4 is 14.4 Å². The van der Waals surface area contributed by atoms with Crippen molar-refractivity contribution in [1.82, 2.24) is 10.2 Å². The molecule has 47 heavy (non-hydrogen) atoms. The Kier molecular flexibility index (Phi) is 12.2. The molecule has 0 unspecified atom stereocenters. The highest BCUT2D eigenvalue weighted by Crippen LogP contribution is 2.31. The van der Waals surface area contributed by atoms with Crippen LogP contribution in [0.5, 0.6) is 5.75 Å². The molecule has 2 amide bonds. The molecule has 0 aliphatic rings. The molecule has 248 valence electrons. The largest absolute Gasteiger partial charge is 0.496 e. The van der Waals surface area contributed by atoms with Crippen molar-refractivity contribution in [2.45, 2.75) is 51.6 Å². The van der Waals surface area contributed by atoms with E-state index in [2.05, 4.69) is 21.2 Å². The number of methoxy groups -OCH3 is 1. The van der Waals surface area contributed by atoms with E-state index in [-0.39, 0.29) is 29.7 Å². The molecule has 0 aliphatic heterocycles. The summed E-state index contributed by atoms with van der Waals surface area (Å²) in [5.41, 5.74) is 3.97. The lowest BCUT2D eigenvalue weighted by atomic mass is 10.0. The number of aryl methyl sites for hydroxylation is 2. The van der Waals surface area contributed by atoms with Gasteiger partial charge >= 0.3 is 0 Å². The number of nitrogens with zero attached hydrogens (tertiary/aromatic N) is 2. The van der Waals surface area contributed by atoms with Gasteiger partial charge in [-0.05, 0) is 82.7 Å². The minimum Gasteiger partial charge on any atom is -0.496 e. The lowest BCUT2D eigenvalue weighted by Gasteiger charge is -2.34. The summed E-state index contributed by atoms with van der Waals surface area (Å²) in [6.07, 6.45) is 0.255. The lowest BCUT2D eigenvalue weighted by Crippen LogP contribution is -2.53. The Labute approximate surface area is 286 Å². The molecule has 1 atom stereocenters. The van der Waals surface area contributed by atoms with Crippen LogP contribution in [-0.2, 0) is 32.6 Å². The van der Waals surface area contributed by atoms with Crippen LogP contribution in [0.4, 0.5) is 5.69 Å². The minimum absolute atomic E-state index is 0.0143. The van der Waals surface area contributed by atoms with Crippen LogP contribution in [-0.4, -0.2) is 51.4 Å². The third-order valence-corrected chi connectivity index (χ3v) is 10.3. The van der Waals surface area contributed by atoms with Crippen LogP contribution in [0.25, 0.3) is 0 Å². The summed E-state index contributed by atoms with van der Waals surface area (Å²) in [7, 11) is -2.75. The Morgan fingerprint density at radius 1 is 0.894 bits per heavy atom. The smallest absolute Gasteiger partial charge is 0.264 e. The maximum Gasteiger partial charge on any atom is 0.264 e. The van der Waals surface area contributed by atoms with Gasteiger partial charge in [0.2, 0.25) is 11.8 Å². The molecule has 4 aromatic carbocycles. The van der Waals surface area contributed by atoms with E-state index in [1.165, 1.54) is 24.1 Å². The fraction of sp³-hybridized carbons (Fsp3) is 0.297. The van der Waals surface area contributed by atoms with Gasteiger partial charge < -0.3 is 15.0 Å². The van der Waals surface area contributed by atoms with Crippen molar-refractivity contribution < 1.29 is 22.7 Å². The number of carbonyl (C=O) groups is 2. The maximum absolute atomic E-state index is 14.6. The molecule has 0 bridgehead atoms. The number of sulfonamides is 1. The third kappa shape index (κ3) is 9.23. The number of hydrogen-bond acceptors (Lipinski definition) is 5. The monoisotopic (exact) mass is 719 g/mol. The zero-order chi connectivity index (χ0) is 34.1. The third-order valence-electron chi connectivity index (χ3n) is 7.87. The zero-order valence-electron chi connectivity index (χ0n) is 27.4. The first kappa shape index (κ1) is 35.7. The van der Waals surface area contributed by atoms with Crippen LogP contribution in [0.15, 0.2) is 106 Å². The van der Waals surface area contributed by atoms with Gasteiger partial charge in [-0.25, -0.2) is 8.42 Å². The fourth-order valence-corrected chi connectivity index (χ4v) is 7.26. The summed E-state index contributed by atoms with van der Waals surface area (Å²) in [5, 5.41) is 3.02. The predicted molar refractivity (Wildman–Crippen MR) is 190 cm³/mol. The normalized spacial score (nSPS) is 12.0. The Balaban J connectivity index is 1.82. The number of anilines is 1. The van der Waals surface area contributed by atoms with Crippen molar-refractivity contribution in [1.29, 1.82) is 0 Å². The van der Waals surface area contributed by atoms with Crippen molar-refractivity contribution in [3.63, 3.8) is 0 Å². The summed E-state index contributed by atoms with van der Waals surface area (Å²) in [6.45, 7) is 7.90. The van der Waals surface area contributed by atoms with E-state index in [1.807, 2.05) is 82.3 Å². The van der Waals surface area contributed by atoms with E-state index in [9.17, 15) is 18.0 Å². The van der Waals surface area contributed by atoms with Gasteiger partial charge in [-0.3, -0.25) is 13.9 Å². The summed E-state index contributed by atoms with van der Waals surface area (Å²) in [5.74, 6) is -0.135. The summed E-state index contributed by atoms with van der Waals surface area (Å²) in [6, 6.07) is 27.7. The van der Waals surface area contributed by atoms with Crippen molar-refractivity contribution in [3.05, 3.63) is 124 Å². The molecule has 0 aliphatic carbocycles. The quantitative estimate of drug-likeness (QED) is 0.157. The topological polar surface area (TPSA) is 96.0 Å². The van der Waals surface area contributed by atoms with Crippen molar-refractivity contribution in [2.75, 3.05) is 24.5 Å². The van der Waals surface area contributed by atoms with Gasteiger partial charge in [-0.1, -0.05) is 86.1 Å². The minimum atomic E-state index is -4.25. The molecule has 4 rings (SSSR count). The highest BCUT2D eigenvalue weighted by molar-refractivity contribution is 9.10. The molecule has 4 aromatic rings. The average molecular weight is 721 g/mol. The van der Waals surface area contributed by atoms with Crippen molar-refractivity contribution in [2.24, 2.45) is 5.92 Å². The second-order valence-corrected chi connectivity index (χ2v) is 14.7. The number of carbonyl (C=O) groups excluding carboxylic acids is 2. The first-order valence-electron chi connectivity index (χ1n) is 15.5. The molecule has 0 heterocycles. The number of ether oxygens (including phenoxy) is 1. The maximum atomic E-state index is 14.6. The molecule has 0 fully saturated rings. The van der Waals surface area contributed by atoms with Gasteiger partial charge in [-0.15, -0.1) is 0 Å². The number of rotatable bonds is 14. The molecule has 0 saturated carbocycles. The number of nitrogens with one attached hydrogen (secondary N) is 1. The van der Waals surface area contributed by atoms with E-state index < -0.39 is 28.5 Å². The number of amides is 2. The Morgan fingerprint density at radius 3 is 2.17 bits per heavy atom. The van der Waals surface area contributed by atoms with Crippen LogP contribution in [0.3, 0.4) is 0 Å². The standard InChI is InChI=1S/C37H42BrN3O5S/c1-26(2)23-39-37(43)34(21-29-12-7-6-8-13-29)40(24-30-14-10-9-11-28(30)4)36(42)25-41(31-17-15-27(3)16-18-31)47(44,45)32-19-20-35(46-5)33(38)22-32/h6-20,22,26,34H,21,23-25H2,1-5H3,(H,39,43)/t34-/m1/s1. The second kappa shape index (κ2) is 16.1. The van der Waals surface area contributed by atoms with E-state index in [4.69, 9.17) is 4.74 Å². The summed E-state index contributed by atoms with van der Waals surface area (Å²) >= 11 is 3.40. The molecular weight excluding hydrogens is 678 g/mol. The number of hydrogen-bond donors (Lipinski definition) is 1. The van der Waals surface area contributed by atoms with Gasteiger partial charge in [0.25, 0.3) is 10.0 Å². The van der Waals surface area contributed by atoms with E-state index in [1.54, 1.807) is 30.3 Å². The summed E-state index contributed by atoms with van der Waals surface area (Å²) < 4.78 is 35.5. The molecule has 0 saturated heterocycles. The fourth-order valence-electron chi connectivity index (χ4n) is 5.12. The van der Waals surface area contributed by atoms with Crippen LogP contribution >= 0.6 is 15.9 Å². The average Bonchev–Trinajstić information content (AvgIpc) is 3.05. The molecule has 1 N–H and O–H groups in total. The van der Waals surface area contributed by atoms with Gasteiger partial charge in [0.1, 0.15) is 18.3 Å². The van der Waals surface area contributed by atoms with E-state index in [0.29, 0.717) is 22.5 Å². The zero-order valence-corrected chi connectivity index (χ0v) is 29.8. The second-order valence-electron chi connectivity index (χ2n) is 11.9. The number of halogens is 1. The highest BCUT2D eigenvalue weighted by atomic mass is 79.9. The van der Waals surface area contributed by atoms with Gasteiger partial charge in [0.15, 0.2) is 0 Å². The molecule has 0 spiro atoms. The SMILES string of the molecule is COc1ccc(S(=O)(=O)N(CC(=O)N(Cc2ccccc2C)[C@H](Cc2ccccc2)C(=O)NCC(C)C)c2ccc(C)cc2)cc1Br. The van der Waals surface area contributed by atoms with Crippen LogP contribution in [0.1, 0.15) is 36.1 Å². The molecule has 0 aromatic heterocycles. The predicted octanol–water partition coefficient (Wildman–Crippen LogP) is 6.68. The Morgan fingerprint density at radius 2 is 1.55 bits per heavy atom. The lowest BCUT2D eigenvalue weighted by molar-refractivity contribution is -0.140. The molecule has 10 heteroatoms. The summed E-state index contributed by atoms with van der Waals surface area (Å²) in [4.78, 5) is 30.1. The molecule has 0 radical (unpaired) electrons. The van der Waals surface area contributed by atoms with Crippen molar-refractivity contribution >= 4 is 43.5 Å². The number of benzene rings is 4. The van der Waals surface area contributed by atoms with Gasteiger partial charge in [-0.2, -0.15) is 0 Å². The van der Waals surface area contributed by atoms with E-state index in [0.717, 1.165) is 26.6 Å². The first-order chi connectivity index (χ1) is 22.4.